The number of rotatable bonds is 4. The first-order valence-corrected chi connectivity index (χ1v) is 8.97. The predicted octanol–water partition coefficient (Wildman–Crippen LogP) is 2.89. The fourth-order valence-corrected chi connectivity index (χ4v) is 3.65. The summed E-state index contributed by atoms with van der Waals surface area (Å²) in [7, 11) is 1.60. The van der Waals surface area contributed by atoms with Gasteiger partial charge < -0.3 is 10.5 Å². The van der Waals surface area contributed by atoms with Gasteiger partial charge in [0.2, 0.25) is 5.71 Å². The van der Waals surface area contributed by atoms with Gasteiger partial charge in [0.15, 0.2) is 13.1 Å². The first-order chi connectivity index (χ1) is 13.4. The molecule has 0 radical (unpaired) electrons. The van der Waals surface area contributed by atoms with Crippen LogP contribution in [0.15, 0.2) is 42.5 Å². The Kier molecular flexibility index (Phi) is 4.58. The van der Waals surface area contributed by atoms with Crippen molar-refractivity contribution < 1.29 is 22.5 Å². The average molecular weight is 389 g/mol. The molecule has 1 aromatic heterocycles. The molecule has 1 aliphatic heterocycles. The molecule has 0 spiro atoms. The SMILES string of the molecule is COc1ccc(C2=[N+](CCN)CCn3nc4cc(C(F)(F)F)ccc4c32)cc1. The minimum Gasteiger partial charge on any atom is -0.497 e. The van der Waals surface area contributed by atoms with E-state index in [-0.39, 0.29) is 0 Å². The zero-order valence-electron chi connectivity index (χ0n) is 15.3. The van der Waals surface area contributed by atoms with E-state index in [4.69, 9.17) is 10.5 Å². The number of aromatic nitrogens is 2. The minimum absolute atomic E-state index is 0.338. The lowest BCUT2D eigenvalue weighted by Gasteiger charge is -2.17. The molecule has 0 unspecified atom stereocenters. The first kappa shape index (κ1) is 18.5. The van der Waals surface area contributed by atoms with Crippen molar-refractivity contribution in [3.8, 4) is 5.75 Å². The van der Waals surface area contributed by atoms with E-state index in [2.05, 4.69) is 9.67 Å². The lowest BCUT2D eigenvalue weighted by Crippen LogP contribution is -2.36. The van der Waals surface area contributed by atoms with Crippen LogP contribution in [-0.4, -0.2) is 46.8 Å². The molecule has 0 saturated heterocycles. The van der Waals surface area contributed by atoms with Crippen molar-refractivity contribution in [2.24, 2.45) is 5.73 Å². The van der Waals surface area contributed by atoms with E-state index < -0.39 is 11.7 Å². The van der Waals surface area contributed by atoms with Gasteiger partial charge in [0.05, 0.1) is 24.7 Å². The summed E-state index contributed by atoms with van der Waals surface area (Å²) in [6.45, 7) is 2.40. The zero-order chi connectivity index (χ0) is 19.9. The molecule has 3 aromatic rings. The summed E-state index contributed by atoms with van der Waals surface area (Å²) in [6, 6.07) is 11.3. The van der Waals surface area contributed by atoms with Crippen molar-refractivity contribution in [2.45, 2.75) is 12.7 Å². The lowest BCUT2D eigenvalue weighted by atomic mass is 10.0. The van der Waals surface area contributed by atoms with Crippen molar-refractivity contribution in [2.75, 3.05) is 26.7 Å². The van der Waals surface area contributed by atoms with Crippen molar-refractivity contribution >= 4 is 16.6 Å². The smallest absolute Gasteiger partial charge is 0.416 e. The van der Waals surface area contributed by atoms with Crippen LogP contribution >= 0.6 is 0 Å². The Morgan fingerprint density at radius 3 is 2.57 bits per heavy atom. The highest BCUT2D eigenvalue weighted by molar-refractivity contribution is 6.15. The highest BCUT2D eigenvalue weighted by Gasteiger charge is 2.34. The van der Waals surface area contributed by atoms with E-state index in [0.717, 1.165) is 34.9 Å². The quantitative estimate of drug-likeness (QED) is 0.698. The molecule has 5 nitrogen and oxygen atoms in total. The Morgan fingerprint density at radius 2 is 1.93 bits per heavy atom. The third kappa shape index (κ3) is 3.13. The number of nitrogens with zero attached hydrogens (tertiary/aromatic N) is 3. The molecule has 146 valence electrons. The molecule has 8 heteroatoms. The molecule has 0 atom stereocenters. The number of fused-ring (bicyclic) bond motifs is 3. The van der Waals surface area contributed by atoms with Gasteiger partial charge in [-0.25, -0.2) is 4.58 Å². The Labute approximate surface area is 159 Å². The van der Waals surface area contributed by atoms with E-state index in [0.29, 0.717) is 37.1 Å². The molecule has 28 heavy (non-hydrogen) atoms. The number of alkyl halides is 3. The molecular weight excluding hydrogens is 369 g/mol. The van der Waals surface area contributed by atoms with E-state index in [1.165, 1.54) is 6.07 Å². The normalized spacial score (nSPS) is 14.5. The topological polar surface area (TPSA) is 56.1 Å². The van der Waals surface area contributed by atoms with E-state index >= 15 is 0 Å². The van der Waals surface area contributed by atoms with Gasteiger partial charge in [-0.1, -0.05) is 0 Å². The maximum absolute atomic E-state index is 13.1. The Balaban J connectivity index is 1.92. The van der Waals surface area contributed by atoms with Gasteiger partial charge in [0.1, 0.15) is 18.0 Å². The number of benzene rings is 2. The van der Waals surface area contributed by atoms with Gasteiger partial charge in [0.25, 0.3) is 0 Å². The molecule has 2 aromatic carbocycles. The number of hydrogen-bond donors (Lipinski definition) is 1. The zero-order valence-corrected chi connectivity index (χ0v) is 15.3. The summed E-state index contributed by atoms with van der Waals surface area (Å²) in [4.78, 5) is 0. The monoisotopic (exact) mass is 389 g/mol. The van der Waals surface area contributed by atoms with Crippen LogP contribution in [0.5, 0.6) is 5.75 Å². The van der Waals surface area contributed by atoms with E-state index in [1.807, 2.05) is 24.3 Å². The predicted molar refractivity (Wildman–Crippen MR) is 100.0 cm³/mol. The van der Waals surface area contributed by atoms with Gasteiger partial charge >= 0.3 is 6.18 Å². The Bertz CT molecular complexity index is 1050. The maximum Gasteiger partial charge on any atom is 0.416 e. The third-order valence-corrected chi connectivity index (χ3v) is 4.95. The van der Waals surface area contributed by atoms with Gasteiger partial charge in [0, 0.05) is 10.9 Å². The van der Waals surface area contributed by atoms with Gasteiger partial charge in [-0.2, -0.15) is 18.3 Å². The van der Waals surface area contributed by atoms with Crippen LogP contribution in [0.2, 0.25) is 0 Å². The average Bonchev–Trinajstić information content (AvgIpc) is 3.05. The van der Waals surface area contributed by atoms with E-state index in [9.17, 15) is 13.2 Å². The first-order valence-electron chi connectivity index (χ1n) is 8.97. The van der Waals surface area contributed by atoms with Crippen LogP contribution in [0, 0.1) is 0 Å². The second-order valence-corrected chi connectivity index (χ2v) is 6.65. The molecule has 0 aliphatic carbocycles. The Morgan fingerprint density at radius 1 is 1.18 bits per heavy atom. The van der Waals surface area contributed by atoms with Crippen LogP contribution < -0.4 is 10.5 Å². The molecule has 4 rings (SSSR count). The molecule has 1 aliphatic rings. The number of ether oxygens (including phenoxy) is 1. The second kappa shape index (κ2) is 6.94. The van der Waals surface area contributed by atoms with Crippen LogP contribution in [0.4, 0.5) is 13.2 Å². The molecule has 0 bridgehead atoms. The largest absolute Gasteiger partial charge is 0.497 e. The molecule has 0 saturated carbocycles. The van der Waals surface area contributed by atoms with Crippen molar-refractivity contribution in [1.82, 2.24) is 9.78 Å². The van der Waals surface area contributed by atoms with Gasteiger partial charge in [-0.05, 0) is 42.5 Å². The number of hydrogen-bond acceptors (Lipinski definition) is 3. The van der Waals surface area contributed by atoms with Crippen molar-refractivity contribution in [3.05, 3.63) is 59.3 Å². The molecule has 2 N–H and O–H groups in total. The van der Waals surface area contributed by atoms with E-state index in [1.54, 1.807) is 11.8 Å². The highest BCUT2D eigenvalue weighted by Crippen LogP contribution is 2.33. The summed E-state index contributed by atoms with van der Waals surface area (Å²) in [5.74, 6) is 0.735. The highest BCUT2D eigenvalue weighted by atomic mass is 19.4. The minimum atomic E-state index is -4.40. The summed E-state index contributed by atoms with van der Waals surface area (Å²) >= 11 is 0. The molecule has 0 amide bonds. The Hall–Kier alpha value is -2.87. The van der Waals surface area contributed by atoms with Crippen LogP contribution in [-0.2, 0) is 12.7 Å². The summed E-state index contributed by atoms with van der Waals surface area (Å²) < 4.78 is 48.5. The number of halogens is 3. The summed E-state index contributed by atoms with van der Waals surface area (Å²) in [6.07, 6.45) is -4.40. The second-order valence-electron chi connectivity index (χ2n) is 6.65. The van der Waals surface area contributed by atoms with Crippen molar-refractivity contribution in [3.63, 3.8) is 0 Å². The number of nitrogens with two attached hydrogens (primary N) is 1. The lowest BCUT2D eigenvalue weighted by molar-refractivity contribution is -0.528. The van der Waals surface area contributed by atoms with Crippen LogP contribution in [0.25, 0.3) is 10.9 Å². The standard InChI is InChI=1S/C20H20F3N4O/c1-28-15-5-2-13(3-6-15)18-19-16-7-4-14(20(21,22)23)12-17(16)25-27(19)11-10-26(18)9-8-24/h2-7,12H,8-11,24H2,1H3/q+1. The third-order valence-electron chi connectivity index (χ3n) is 4.95. The maximum atomic E-state index is 13.1. The fourth-order valence-electron chi connectivity index (χ4n) is 3.65. The van der Waals surface area contributed by atoms with Gasteiger partial charge in [-0.3, -0.25) is 4.68 Å². The fraction of sp³-hybridized carbons (Fsp3) is 0.300. The summed E-state index contributed by atoms with van der Waals surface area (Å²) in [5, 5.41) is 5.14. The molecule has 2 heterocycles. The van der Waals surface area contributed by atoms with Gasteiger partial charge in [-0.15, -0.1) is 0 Å². The van der Waals surface area contributed by atoms with Crippen LogP contribution in [0.1, 0.15) is 16.8 Å². The summed E-state index contributed by atoms with van der Waals surface area (Å²) in [5.41, 5.74) is 8.12. The van der Waals surface area contributed by atoms with Crippen LogP contribution in [0.3, 0.4) is 0 Å². The molecule has 0 fully saturated rings. The number of methoxy groups -OCH3 is 1. The molecular formula is C20H20F3N4O+. The van der Waals surface area contributed by atoms with Crippen molar-refractivity contribution in [1.29, 1.82) is 0 Å².